The first-order chi connectivity index (χ1) is 16.7. The monoisotopic (exact) mass is 452 g/mol. The van der Waals surface area contributed by atoms with Crippen molar-refractivity contribution in [3.63, 3.8) is 0 Å². The summed E-state index contributed by atoms with van der Waals surface area (Å²) in [5, 5.41) is 4.03. The maximum absolute atomic E-state index is 5.71. The van der Waals surface area contributed by atoms with E-state index in [1.807, 2.05) is 0 Å². The molecule has 2 bridgehead atoms. The Morgan fingerprint density at radius 3 is 2.15 bits per heavy atom. The maximum Gasteiger partial charge on any atom is 0.123 e. The van der Waals surface area contributed by atoms with E-state index in [0.29, 0.717) is 23.9 Å². The van der Waals surface area contributed by atoms with Crippen LogP contribution in [-0.2, 0) is 6.54 Å². The molecule has 0 aliphatic carbocycles. The molecule has 6 rings (SSSR count). The highest BCUT2D eigenvalue weighted by atomic mass is 16.5. The third-order valence-electron chi connectivity index (χ3n) is 7.83. The molecule has 0 unspecified atom stereocenters. The fourth-order valence-corrected chi connectivity index (χ4v) is 6.11. The lowest BCUT2D eigenvalue weighted by Gasteiger charge is -2.54. The van der Waals surface area contributed by atoms with Crippen molar-refractivity contribution in [2.75, 3.05) is 20.2 Å². The molecule has 3 nitrogen and oxygen atoms in total. The number of nitrogens with one attached hydrogen (secondary N) is 1. The van der Waals surface area contributed by atoms with Gasteiger partial charge in [0.1, 0.15) is 5.75 Å². The lowest BCUT2D eigenvalue weighted by Crippen LogP contribution is -2.64. The molecule has 0 aromatic heterocycles. The van der Waals surface area contributed by atoms with Gasteiger partial charge in [-0.25, -0.2) is 0 Å². The van der Waals surface area contributed by atoms with Crippen LogP contribution in [0.4, 0.5) is 0 Å². The van der Waals surface area contributed by atoms with Gasteiger partial charge in [-0.3, -0.25) is 4.90 Å². The zero-order valence-corrected chi connectivity index (χ0v) is 20.4. The van der Waals surface area contributed by atoms with Crippen LogP contribution >= 0.6 is 0 Å². The normalized spacial score (nSPS) is 23.7. The fraction of sp³-hybridized carbons (Fsp3) is 0.355. The first-order valence-corrected chi connectivity index (χ1v) is 12.6. The standard InChI is InChI=1S/C31H36N2O/c1-22(2)26-14-15-28(34-3)27(20-26)21-32-30-25-16-18-33(19-17-25)31(30)29(23-10-6-4-7-11-23)24-12-8-5-9-13-24/h4-15,20,25,29-32H,1,16-19,21H2,2-3H3/t30-,31-/m0/s1. The zero-order chi connectivity index (χ0) is 23.5. The van der Waals surface area contributed by atoms with Crippen LogP contribution in [0.15, 0.2) is 85.4 Å². The lowest BCUT2D eigenvalue weighted by atomic mass is 9.70. The Hall–Kier alpha value is -2.88. The number of ether oxygens (including phenoxy) is 1. The van der Waals surface area contributed by atoms with Gasteiger partial charge in [0.15, 0.2) is 0 Å². The van der Waals surface area contributed by atoms with E-state index >= 15 is 0 Å². The number of rotatable bonds is 8. The molecular formula is C31H36N2O. The molecule has 3 saturated heterocycles. The molecule has 3 aliphatic rings. The molecule has 3 heteroatoms. The molecular weight excluding hydrogens is 416 g/mol. The average molecular weight is 453 g/mol. The quantitative estimate of drug-likeness (QED) is 0.446. The Morgan fingerprint density at radius 2 is 1.59 bits per heavy atom. The van der Waals surface area contributed by atoms with Crippen molar-refractivity contribution in [2.45, 2.75) is 44.3 Å². The van der Waals surface area contributed by atoms with Crippen molar-refractivity contribution in [1.82, 2.24) is 10.2 Å². The van der Waals surface area contributed by atoms with Crippen LogP contribution in [0.3, 0.4) is 0 Å². The summed E-state index contributed by atoms with van der Waals surface area (Å²) < 4.78 is 5.71. The Morgan fingerprint density at radius 1 is 0.971 bits per heavy atom. The van der Waals surface area contributed by atoms with Gasteiger partial charge in [-0.05, 0) is 67.6 Å². The molecule has 0 radical (unpaired) electrons. The predicted octanol–water partition coefficient (Wildman–Crippen LogP) is 6.11. The lowest BCUT2D eigenvalue weighted by molar-refractivity contribution is 0.00462. The summed E-state index contributed by atoms with van der Waals surface area (Å²) in [6.07, 6.45) is 2.54. The molecule has 34 heavy (non-hydrogen) atoms. The minimum atomic E-state index is 0.339. The summed E-state index contributed by atoms with van der Waals surface area (Å²) >= 11 is 0. The Balaban J connectivity index is 1.49. The van der Waals surface area contributed by atoms with E-state index < -0.39 is 0 Å². The fourth-order valence-electron chi connectivity index (χ4n) is 6.11. The Bertz CT molecular complexity index is 1060. The number of benzene rings is 3. The number of hydrogen-bond donors (Lipinski definition) is 1. The number of fused-ring (bicyclic) bond motifs is 3. The van der Waals surface area contributed by atoms with Crippen LogP contribution in [-0.4, -0.2) is 37.2 Å². The van der Waals surface area contributed by atoms with Gasteiger partial charge >= 0.3 is 0 Å². The van der Waals surface area contributed by atoms with Crippen molar-refractivity contribution >= 4 is 5.57 Å². The number of methoxy groups -OCH3 is 1. The SMILES string of the molecule is C=C(C)c1ccc(OC)c(CN[C@H]2C3CCN(CC3)[C@H]2C(c2ccccc2)c2ccccc2)c1. The molecule has 0 saturated carbocycles. The van der Waals surface area contributed by atoms with Gasteiger partial charge in [0.05, 0.1) is 7.11 Å². The van der Waals surface area contributed by atoms with Gasteiger partial charge in [-0.1, -0.05) is 78.9 Å². The highest BCUT2D eigenvalue weighted by molar-refractivity contribution is 5.63. The molecule has 3 aromatic carbocycles. The van der Waals surface area contributed by atoms with E-state index in [4.69, 9.17) is 4.74 Å². The highest BCUT2D eigenvalue weighted by Crippen LogP contribution is 2.42. The molecule has 176 valence electrons. The summed E-state index contributed by atoms with van der Waals surface area (Å²) in [7, 11) is 1.76. The van der Waals surface area contributed by atoms with Crippen LogP contribution in [0.2, 0.25) is 0 Å². The molecule has 3 aliphatic heterocycles. The van der Waals surface area contributed by atoms with Gasteiger partial charge in [0.2, 0.25) is 0 Å². The van der Waals surface area contributed by atoms with Crippen molar-refractivity contribution in [1.29, 1.82) is 0 Å². The second kappa shape index (κ2) is 10.2. The van der Waals surface area contributed by atoms with Crippen molar-refractivity contribution in [3.8, 4) is 5.75 Å². The number of allylic oxidation sites excluding steroid dienone is 1. The maximum atomic E-state index is 5.71. The Kier molecular flexibility index (Phi) is 6.85. The van der Waals surface area contributed by atoms with E-state index in [1.54, 1.807) is 7.11 Å². The van der Waals surface area contributed by atoms with Gasteiger partial charge in [-0.15, -0.1) is 0 Å². The van der Waals surface area contributed by atoms with E-state index in [-0.39, 0.29) is 0 Å². The second-order valence-corrected chi connectivity index (χ2v) is 9.88. The molecule has 0 spiro atoms. The summed E-state index contributed by atoms with van der Waals surface area (Å²) in [5.41, 5.74) is 6.27. The Labute approximate surface area is 204 Å². The van der Waals surface area contributed by atoms with E-state index in [2.05, 4.69) is 103 Å². The smallest absolute Gasteiger partial charge is 0.123 e. The van der Waals surface area contributed by atoms with Gasteiger partial charge in [0, 0.05) is 30.1 Å². The van der Waals surface area contributed by atoms with E-state index in [1.165, 1.54) is 48.2 Å². The van der Waals surface area contributed by atoms with Gasteiger partial charge in [0.25, 0.3) is 0 Å². The second-order valence-electron chi connectivity index (χ2n) is 9.88. The molecule has 3 heterocycles. The largest absolute Gasteiger partial charge is 0.496 e. The summed E-state index contributed by atoms with van der Waals surface area (Å²) in [6, 6.07) is 29.4. The first-order valence-electron chi connectivity index (χ1n) is 12.6. The van der Waals surface area contributed by atoms with Crippen LogP contribution in [0.5, 0.6) is 5.75 Å². The van der Waals surface area contributed by atoms with Crippen LogP contribution < -0.4 is 10.1 Å². The van der Waals surface area contributed by atoms with Crippen LogP contribution in [0.1, 0.15) is 47.9 Å². The minimum absolute atomic E-state index is 0.339. The molecule has 1 N–H and O–H groups in total. The third kappa shape index (κ3) is 4.55. The van der Waals surface area contributed by atoms with Crippen molar-refractivity contribution < 1.29 is 4.74 Å². The minimum Gasteiger partial charge on any atom is -0.496 e. The third-order valence-corrected chi connectivity index (χ3v) is 7.83. The molecule has 3 fully saturated rings. The summed E-state index contributed by atoms with van der Waals surface area (Å²) in [5.74, 6) is 1.98. The molecule has 2 atom stereocenters. The highest BCUT2D eigenvalue weighted by Gasteiger charge is 2.46. The first kappa shape index (κ1) is 22.9. The van der Waals surface area contributed by atoms with E-state index in [0.717, 1.165) is 17.9 Å². The van der Waals surface area contributed by atoms with Gasteiger partial charge < -0.3 is 10.1 Å². The molecule has 3 aromatic rings. The zero-order valence-electron chi connectivity index (χ0n) is 20.4. The van der Waals surface area contributed by atoms with Crippen LogP contribution in [0, 0.1) is 5.92 Å². The predicted molar refractivity (Wildman–Crippen MR) is 141 cm³/mol. The van der Waals surface area contributed by atoms with E-state index in [9.17, 15) is 0 Å². The summed E-state index contributed by atoms with van der Waals surface area (Å²) in [6.45, 7) is 9.38. The van der Waals surface area contributed by atoms with Crippen molar-refractivity contribution in [3.05, 3.63) is 108 Å². The number of hydrogen-bond acceptors (Lipinski definition) is 3. The average Bonchev–Trinajstić information content (AvgIpc) is 2.89. The summed E-state index contributed by atoms with van der Waals surface area (Å²) in [4.78, 5) is 2.74. The van der Waals surface area contributed by atoms with Crippen molar-refractivity contribution in [2.24, 2.45) is 5.92 Å². The number of piperidine rings is 3. The van der Waals surface area contributed by atoms with Crippen LogP contribution in [0.25, 0.3) is 5.57 Å². The topological polar surface area (TPSA) is 24.5 Å². The van der Waals surface area contributed by atoms with Gasteiger partial charge in [-0.2, -0.15) is 0 Å². The number of nitrogens with zero attached hydrogens (tertiary/aromatic N) is 1. The molecule has 0 amide bonds.